The van der Waals surface area contributed by atoms with E-state index in [1.54, 1.807) is 5.56 Å². The zero-order valence-corrected chi connectivity index (χ0v) is 18.4. The Bertz CT molecular complexity index is 537. The highest BCUT2D eigenvalue weighted by atomic mass is 15.3. The summed E-state index contributed by atoms with van der Waals surface area (Å²) in [6.45, 7) is 22.0. The Labute approximate surface area is 163 Å². The van der Waals surface area contributed by atoms with Crippen molar-refractivity contribution in [2.75, 3.05) is 37.6 Å². The molecule has 2 aliphatic rings. The first-order valence-corrected chi connectivity index (χ1v) is 10.9. The van der Waals surface area contributed by atoms with Crippen molar-refractivity contribution >= 4 is 5.69 Å². The lowest BCUT2D eigenvalue weighted by Crippen LogP contribution is -2.46. The largest absolute Gasteiger partial charge is 0.369 e. The first kappa shape index (κ1) is 21.3. The van der Waals surface area contributed by atoms with E-state index < -0.39 is 0 Å². The van der Waals surface area contributed by atoms with Crippen LogP contribution in [0.4, 0.5) is 5.69 Å². The van der Waals surface area contributed by atoms with Gasteiger partial charge in [0.2, 0.25) is 0 Å². The zero-order chi connectivity index (χ0) is 19.4. The summed E-state index contributed by atoms with van der Waals surface area (Å²) in [5.41, 5.74) is 4.00. The molecule has 1 aromatic rings. The summed E-state index contributed by atoms with van der Waals surface area (Å²) in [5.74, 6) is 0.698. The quantitative estimate of drug-likeness (QED) is 0.637. The van der Waals surface area contributed by atoms with Crippen LogP contribution in [0.1, 0.15) is 79.2 Å². The molecule has 1 aliphatic carbocycles. The standard InChI is InChI=1S/C22H36N2.C2H6/c1-6-23-11-13-24(14-12-23)20-10-8-7-9-19(20)18-15-21(2,3)17-22(4,5)16-18;1-2/h7-10,18H,6,11-17H2,1-5H3;1-2H3. The molecule has 1 saturated heterocycles. The van der Waals surface area contributed by atoms with Gasteiger partial charge in [0, 0.05) is 31.9 Å². The fourth-order valence-corrected chi connectivity index (χ4v) is 5.49. The van der Waals surface area contributed by atoms with Crippen molar-refractivity contribution in [3.8, 4) is 0 Å². The fourth-order valence-electron chi connectivity index (χ4n) is 5.49. The number of benzene rings is 1. The number of nitrogens with zero attached hydrogens (tertiary/aromatic N) is 2. The second-order valence-corrected chi connectivity index (χ2v) is 9.59. The first-order valence-electron chi connectivity index (χ1n) is 10.9. The van der Waals surface area contributed by atoms with E-state index in [-0.39, 0.29) is 0 Å². The van der Waals surface area contributed by atoms with Gasteiger partial charge in [-0.25, -0.2) is 0 Å². The Balaban J connectivity index is 0.00000117. The fraction of sp³-hybridized carbons (Fsp3) is 0.750. The molecule has 2 heteroatoms. The summed E-state index contributed by atoms with van der Waals surface area (Å²) in [4.78, 5) is 5.20. The van der Waals surface area contributed by atoms with E-state index in [0.717, 1.165) is 0 Å². The molecule has 0 N–H and O–H groups in total. The van der Waals surface area contributed by atoms with Gasteiger partial charge in [-0.15, -0.1) is 0 Å². The van der Waals surface area contributed by atoms with Crippen molar-refractivity contribution in [1.82, 2.24) is 4.90 Å². The number of hydrogen-bond acceptors (Lipinski definition) is 2. The van der Waals surface area contributed by atoms with E-state index in [1.165, 1.54) is 57.7 Å². The van der Waals surface area contributed by atoms with Gasteiger partial charge in [0.25, 0.3) is 0 Å². The monoisotopic (exact) mass is 358 g/mol. The third kappa shape index (κ3) is 5.25. The maximum Gasteiger partial charge on any atom is 0.0402 e. The third-order valence-electron chi connectivity index (χ3n) is 6.09. The summed E-state index contributed by atoms with van der Waals surface area (Å²) < 4.78 is 0. The maximum absolute atomic E-state index is 2.64. The van der Waals surface area contributed by atoms with Crippen LogP contribution in [-0.2, 0) is 0 Å². The van der Waals surface area contributed by atoms with Crippen LogP contribution < -0.4 is 4.90 Å². The molecule has 1 aromatic carbocycles. The van der Waals surface area contributed by atoms with Crippen LogP contribution in [0.25, 0.3) is 0 Å². The Kier molecular flexibility index (Phi) is 7.19. The average molecular weight is 359 g/mol. The average Bonchev–Trinajstić information content (AvgIpc) is 2.61. The van der Waals surface area contributed by atoms with Crippen molar-refractivity contribution in [3.63, 3.8) is 0 Å². The van der Waals surface area contributed by atoms with Crippen LogP contribution in [0.15, 0.2) is 24.3 Å². The Hall–Kier alpha value is -1.02. The lowest BCUT2D eigenvalue weighted by atomic mass is 9.60. The molecule has 2 nitrogen and oxygen atoms in total. The van der Waals surface area contributed by atoms with Gasteiger partial charge < -0.3 is 9.80 Å². The molecule has 0 bridgehead atoms. The lowest BCUT2D eigenvalue weighted by Gasteiger charge is -2.46. The van der Waals surface area contributed by atoms with Crippen LogP contribution in [-0.4, -0.2) is 37.6 Å². The smallest absolute Gasteiger partial charge is 0.0402 e. The van der Waals surface area contributed by atoms with Gasteiger partial charge in [0.1, 0.15) is 0 Å². The molecule has 1 saturated carbocycles. The second-order valence-electron chi connectivity index (χ2n) is 9.59. The van der Waals surface area contributed by atoms with E-state index >= 15 is 0 Å². The highest BCUT2D eigenvalue weighted by Crippen LogP contribution is 2.53. The third-order valence-corrected chi connectivity index (χ3v) is 6.09. The highest BCUT2D eigenvalue weighted by Gasteiger charge is 2.39. The molecule has 0 unspecified atom stereocenters. The molecule has 0 spiro atoms. The number of anilines is 1. The van der Waals surface area contributed by atoms with Crippen LogP contribution in [0.2, 0.25) is 0 Å². The van der Waals surface area contributed by atoms with Gasteiger partial charge in [-0.05, 0) is 54.2 Å². The molecular weight excluding hydrogens is 316 g/mol. The molecular formula is C24H42N2. The van der Waals surface area contributed by atoms with Crippen molar-refractivity contribution < 1.29 is 0 Å². The summed E-state index contributed by atoms with van der Waals surface area (Å²) in [7, 11) is 0. The van der Waals surface area contributed by atoms with Gasteiger partial charge >= 0.3 is 0 Å². The summed E-state index contributed by atoms with van der Waals surface area (Å²) in [5, 5.41) is 0. The molecule has 0 amide bonds. The molecule has 0 aromatic heterocycles. The molecule has 26 heavy (non-hydrogen) atoms. The topological polar surface area (TPSA) is 6.48 Å². The molecule has 2 fully saturated rings. The minimum absolute atomic E-state index is 0.445. The molecule has 0 atom stereocenters. The number of para-hydroxylation sites is 1. The first-order chi connectivity index (χ1) is 12.3. The molecule has 1 heterocycles. The molecule has 0 radical (unpaired) electrons. The Morgan fingerprint density at radius 2 is 1.42 bits per heavy atom. The predicted octanol–water partition coefficient (Wildman–Crippen LogP) is 6.17. The number of likely N-dealkylation sites (N-methyl/N-ethyl adjacent to an activating group) is 1. The Morgan fingerprint density at radius 3 is 1.96 bits per heavy atom. The highest BCUT2D eigenvalue weighted by molar-refractivity contribution is 5.56. The van der Waals surface area contributed by atoms with Crippen LogP contribution in [0, 0.1) is 10.8 Å². The van der Waals surface area contributed by atoms with Gasteiger partial charge in [0.15, 0.2) is 0 Å². The van der Waals surface area contributed by atoms with Crippen molar-refractivity contribution in [1.29, 1.82) is 0 Å². The molecule has 3 rings (SSSR count). The number of rotatable bonds is 3. The van der Waals surface area contributed by atoms with Crippen LogP contribution in [0.3, 0.4) is 0 Å². The van der Waals surface area contributed by atoms with Gasteiger partial charge in [-0.3, -0.25) is 0 Å². The van der Waals surface area contributed by atoms with Crippen LogP contribution in [0.5, 0.6) is 0 Å². The van der Waals surface area contributed by atoms with Gasteiger partial charge in [-0.2, -0.15) is 0 Å². The maximum atomic E-state index is 2.64. The molecule has 1 aliphatic heterocycles. The predicted molar refractivity (Wildman–Crippen MR) is 116 cm³/mol. The number of piperazine rings is 1. The van der Waals surface area contributed by atoms with E-state index in [4.69, 9.17) is 0 Å². The van der Waals surface area contributed by atoms with E-state index in [9.17, 15) is 0 Å². The van der Waals surface area contributed by atoms with E-state index in [1.807, 2.05) is 13.8 Å². The summed E-state index contributed by atoms with van der Waals surface area (Å²) in [6, 6.07) is 9.25. The Morgan fingerprint density at radius 1 is 0.885 bits per heavy atom. The summed E-state index contributed by atoms with van der Waals surface area (Å²) in [6.07, 6.45) is 3.98. The van der Waals surface area contributed by atoms with Crippen molar-refractivity contribution in [2.45, 2.75) is 73.6 Å². The van der Waals surface area contributed by atoms with E-state index in [0.29, 0.717) is 16.7 Å². The molecule has 148 valence electrons. The second kappa shape index (κ2) is 8.78. The minimum Gasteiger partial charge on any atom is -0.369 e. The number of hydrogen-bond donors (Lipinski definition) is 0. The summed E-state index contributed by atoms with van der Waals surface area (Å²) >= 11 is 0. The lowest BCUT2D eigenvalue weighted by molar-refractivity contribution is 0.0970. The van der Waals surface area contributed by atoms with Crippen molar-refractivity contribution in [3.05, 3.63) is 29.8 Å². The zero-order valence-electron chi connectivity index (χ0n) is 18.4. The van der Waals surface area contributed by atoms with Crippen molar-refractivity contribution in [2.24, 2.45) is 10.8 Å². The normalized spacial score (nSPS) is 23.3. The SMILES string of the molecule is CC.CCN1CCN(c2ccccc2C2CC(C)(C)CC(C)(C)C2)CC1. The van der Waals surface area contributed by atoms with Gasteiger partial charge in [-0.1, -0.05) is 66.7 Å². The minimum atomic E-state index is 0.445. The van der Waals surface area contributed by atoms with E-state index in [2.05, 4.69) is 68.7 Å². The van der Waals surface area contributed by atoms with Gasteiger partial charge in [0.05, 0.1) is 0 Å². The van der Waals surface area contributed by atoms with Crippen LogP contribution >= 0.6 is 0 Å².